The molecule has 1 aromatic carbocycles. The first-order valence-electron chi connectivity index (χ1n) is 5.68. The number of rotatable bonds is 3. The Hall–Kier alpha value is -1.43. The van der Waals surface area contributed by atoms with Crippen LogP contribution >= 0.6 is 0 Å². The third-order valence-corrected chi connectivity index (χ3v) is 2.79. The molecule has 100 valence electrons. The maximum absolute atomic E-state index is 12.4. The minimum Gasteiger partial charge on any atom is -0.489 e. The molecule has 1 aliphatic rings. The lowest BCUT2D eigenvalue weighted by Crippen LogP contribution is -2.17. The van der Waals surface area contributed by atoms with Gasteiger partial charge in [0.1, 0.15) is 12.4 Å². The van der Waals surface area contributed by atoms with Crippen LogP contribution in [0.5, 0.6) is 5.75 Å². The van der Waals surface area contributed by atoms with E-state index < -0.39 is 11.7 Å². The second-order valence-corrected chi connectivity index (χ2v) is 4.20. The van der Waals surface area contributed by atoms with E-state index in [2.05, 4.69) is 0 Å². The average molecular weight is 261 g/mol. The summed E-state index contributed by atoms with van der Waals surface area (Å²) in [4.78, 5) is 0. The van der Waals surface area contributed by atoms with Crippen molar-refractivity contribution >= 4 is 5.69 Å². The Morgan fingerprint density at radius 1 is 1.39 bits per heavy atom. The molecular weight excluding hydrogens is 247 g/mol. The van der Waals surface area contributed by atoms with Crippen molar-refractivity contribution in [3.05, 3.63) is 23.8 Å². The van der Waals surface area contributed by atoms with E-state index in [0.29, 0.717) is 13.2 Å². The number of hydrogen-bond donors (Lipinski definition) is 1. The van der Waals surface area contributed by atoms with E-state index in [-0.39, 0.29) is 17.5 Å². The van der Waals surface area contributed by atoms with E-state index >= 15 is 0 Å². The molecule has 2 N–H and O–H groups in total. The number of alkyl halides is 3. The fourth-order valence-electron chi connectivity index (χ4n) is 1.81. The number of benzene rings is 1. The average Bonchev–Trinajstić information content (AvgIpc) is 2.79. The summed E-state index contributed by atoms with van der Waals surface area (Å²) in [7, 11) is 0. The van der Waals surface area contributed by atoms with Crippen LogP contribution in [0.3, 0.4) is 0 Å². The van der Waals surface area contributed by atoms with Crippen LogP contribution in [0.2, 0.25) is 0 Å². The molecule has 1 fully saturated rings. The second kappa shape index (κ2) is 5.06. The van der Waals surface area contributed by atoms with Crippen LogP contribution < -0.4 is 10.5 Å². The maximum atomic E-state index is 12.4. The van der Waals surface area contributed by atoms with Crippen LogP contribution in [0.1, 0.15) is 18.4 Å². The Kier molecular flexibility index (Phi) is 3.65. The third kappa shape index (κ3) is 3.07. The van der Waals surface area contributed by atoms with Gasteiger partial charge in [0.15, 0.2) is 0 Å². The van der Waals surface area contributed by atoms with Crippen molar-refractivity contribution in [2.45, 2.75) is 25.1 Å². The first-order valence-corrected chi connectivity index (χ1v) is 5.68. The second-order valence-electron chi connectivity index (χ2n) is 4.20. The Morgan fingerprint density at radius 2 is 2.17 bits per heavy atom. The van der Waals surface area contributed by atoms with Crippen molar-refractivity contribution in [2.24, 2.45) is 0 Å². The summed E-state index contributed by atoms with van der Waals surface area (Å²) in [6.45, 7) is 1.02. The maximum Gasteiger partial charge on any atom is 0.416 e. The quantitative estimate of drug-likeness (QED) is 0.851. The molecule has 6 heteroatoms. The van der Waals surface area contributed by atoms with E-state index in [1.165, 1.54) is 6.07 Å². The third-order valence-electron chi connectivity index (χ3n) is 2.79. The van der Waals surface area contributed by atoms with Crippen LogP contribution in [0.15, 0.2) is 18.2 Å². The highest BCUT2D eigenvalue weighted by Crippen LogP contribution is 2.33. The summed E-state index contributed by atoms with van der Waals surface area (Å²) in [6.07, 6.45) is -2.50. The highest BCUT2D eigenvalue weighted by molar-refractivity contribution is 5.54. The van der Waals surface area contributed by atoms with Gasteiger partial charge in [-0.25, -0.2) is 0 Å². The summed E-state index contributed by atoms with van der Waals surface area (Å²) in [5.74, 6) is 0.262. The SMILES string of the molecule is Nc1cc(C(F)(F)F)ccc1OC[C@H]1CCCO1. The van der Waals surface area contributed by atoms with Gasteiger partial charge < -0.3 is 15.2 Å². The zero-order chi connectivity index (χ0) is 13.2. The van der Waals surface area contributed by atoms with E-state index in [0.717, 1.165) is 25.0 Å². The van der Waals surface area contributed by atoms with Crippen LogP contribution in [0.25, 0.3) is 0 Å². The molecule has 0 saturated carbocycles. The fraction of sp³-hybridized carbons (Fsp3) is 0.500. The van der Waals surface area contributed by atoms with Crippen LogP contribution in [-0.4, -0.2) is 19.3 Å². The number of halogens is 3. The van der Waals surface area contributed by atoms with E-state index in [1.54, 1.807) is 0 Å². The number of hydrogen-bond acceptors (Lipinski definition) is 3. The lowest BCUT2D eigenvalue weighted by atomic mass is 10.2. The molecule has 1 heterocycles. The van der Waals surface area contributed by atoms with E-state index in [9.17, 15) is 13.2 Å². The molecule has 3 nitrogen and oxygen atoms in total. The van der Waals surface area contributed by atoms with Gasteiger partial charge in [-0.1, -0.05) is 0 Å². The molecule has 1 aromatic rings. The van der Waals surface area contributed by atoms with Gasteiger partial charge >= 0.3 is 6.18 Å². The van der Waals surface area contributed by atoms with Crippen molar-refractivity contribution < 1.29 is 22.6 Å². The van der Waals surface area contributed by atoms with E-state index in [1.807, 2.05) is 0 Å². The minimum atomic E-state index is -4.39. The zero-order valence-electron chi connectivity index (χ0n) is 9.67. The Bertz CT molecular complexity index is 414. The first kappa shape index (κ1) is 13.0. The molecule has 18 heavy (non-hydrogen) atoms. The van der Waals surface area contributed by atoms with Crippen molar-refractivity contribution in [3.8, 4) is 5.75 Å². The van der Waals surface area contributed by atoms with Crippen LogP contribution in [0.4, 0.5) is 18.9 Å². The van der Waals surface area contributed by atoms with E-state index in [4.69, 9.17) is 15.2 Å². The van der Waals surface area contributed by atoms with Crippen LogP contribution in [0, 0.1) is 0 Å². The highest BCUT2D eigenvalue weighted by Gasteiger charge is 2.31. The number of nitrogens with two attached hydrogens (primary N) is 1. The summed E-state index contributed by atoms with van der Waals surface area (Å²) in [6, 6.07) is 3.08. The monoisotopic (exact) mass is 261 g/mol. The number of ether oxygens (including phenoxy) is 2. The summed E-state index contributed by atoms with van der Waals surface area (Å²) < 4.78 is 48.0. The Labute approximate surface area is 103 Å². The standard InChI is InChI=1S/C12H14F3NO2/c13-12(14,15)8-3-4-11(10(16)6-8)18-7-9-2-1-5-17-9/h3-4,6,9H,1-2,5,7,16H2/t9-/m1/s1. The molecule has 1 atom stereocenters. The lowest BCUT2D eigenvalue weighted by molar-refractivity contribution is -0.137. The molecule has 0 aromatic heterocycles. The predicted octanol–water partition coefficient (Wildman–Crippen LogP) is 2.85. The molecule has 0 unspecified atom stereocenters. The lowest BCUT2D eigenvalue weighted by Gasteiger charge is -2.14. The van der Waals surface area contributed by atoms with Crippen LogP contribution in [-0.2, 0) is 10.9 Å². The Morgan fingerprint density at radius 3 is 2.72 bits per heavy atom. The first-order chi connectivity index (χ1) is 8.47. The summed E-state index contributed by atoms with van der Waals surface area (Å²) in [5, 5.41) is 0. The van der Waals surface area contributed by atoms with Crippen molar-refractivity contribution in [2.75, 3.05) is 18.9 Å². The molecular formula is C12H14F3NO2. The highest BCUT2D eigenvalue weighted by atomic mass is 19.4. The minimum absolute atomic E-state index is 0.00620. The van der Waals surface area contributed by atoms with Gasteiger partial charge in [0.25, 0.3) is 0 Å². The zero-order valence-corrected chi connectivity index (χ0v) is 9.67. The van der Waals surface area contributed by atoms with Gasteiger partial charge in [-0.05, 0) is 31.0 Å². The van der Waals surface area contributed by atoms with Crippen molar-refractivity contribution in [1.82, 2.24) is 0 Å². The van der Waals surface area contributed by atoms with Gasteiger partial charge in [0.05, 0.1) is 17.4 Å². The molecule has 2 rings (SSSR count). The smallest absolute Gasteiger partial charge is 0.416 e. The largest absolute Gasteiger partial charge is 0.489 e. The fourth-order valence-corrected chi connectivity index (χ4v) is 1.81. The number of anilines is 1. The molecule has 1 saturated heterocycles. The molecule has 0 bridgehead atoms. The van der Waals surface area contributed by atoms with Gasteiger partial charge in [0, 0.05) is 6.61 Å². The normalized spacial score (nSPS) is 20.1. The molecule has 0 amide bonds. The summed E-state index contributed by atoms with van der Waals surface area (Å²) in [5.41, 5.74) is 4.75. The van der Waals surface area contributed by atoms with Gasteiger partial charge in [-0.15, -0.1) is 0 Å². The molecule has 0 spiro atoms. The topological polar surface area (TPSA) is 44.5 Å². The van der Waals surface area contributed by atoms with Crippen molar-refractivity contribution in [1.29, 1.82) is 0 Å². The Balaban J connectivity index is 2.01. The van der Waals surface area contributed by atoms with Gasteiger partial charge in [0.2, 0.25) is 0 Å². The van der Waals surface area contributed by atoms with Crippen molar-refractivity contribution in [3.63, 3.8) is 0 Å². The summed E-state index contributed by atoms with van der Waals surface area (Å²) >= 11 is 0. The van der Waals surface area contributed by atoms with Gasteiger partial charge in [-0.3, -0.25) is 0 Å². The molecule has 1 aliphatic heterocycles. The van der Waals surface area contributed by atoms with Gasteiger partial charge in [-0.2, -0.15) is 13.2 Å². The number of nitrogen functional groups attached to an aromatic ring is 1. The molecule has 0 radical (unpaired) electrons. The predicted molar refractivity (Wildman–Crippen MR) is 60.3 cm³/mol. The molecule has 0 aliphatic carbocycles.